The molecular formula is C24H14N2O5. The van der Waals surface area contributed by atoms with Crippen LogP contribution in [0.25, 0.3) is 11.4 Å². The third-order valence-electron chi connectivity index (χ3n) is 5.00. The molecule has 0 spiro atoms. The normalized spacial score (nSPS) is 12.3. The number of carbonyl (C=O) groups is 3. The Kier molecular flexibility index (Phi) is 4.48. The van der Waals surface area contributed by atoms with Gasteiger partial charge in [-0.25, -0.2) is 4.79 Å². The van der Waals surface area contributed by atoms with Crippen LogP contribution in [0.3, 0.4) is 0 Å². The second kappa shape index (κ2) is 7.46. The van der Waals surface area contributed by atoms with Crippen molar-refractivity contribution in [1.82, 2.24) is 10.1 Å². The van der Waals surface area contributed by atoms with E-state index < -0.39 is 5.97 Å². The van der Waals surface area contributed by atoms with Crippen LogP contribution in [0.4, 0.5) is 0 Å². The second-order valence-corrected chi connectivity index (χ2v) is 6.89. The fourth-order valence-electron chi connectivity index (χ4n) is 3.54. The van der Waals surface area contributed by atoms with E-state index in [0.29, 0.717) is 11.4 Å². The van der Waals surface area contributed by atoms with Crippen molar-refractivity contribution in [3.05, 3.63) is 107 Å². The Labute approximate surface area is 176 Å². The van der Waals surface area contributed by atoms with E-state index >= 15 is 0 Å². The fourth-order valence-corrected chi connectivity index (χ4v) is 3.54. The molecule has 1 aliphatic rings. The molecule has 7 heteroatoms. The van der Waals surface area contributed by atoms with Gasteiger partial charge in [0.1, 0.15) is 0 Å². The van der Waals surface area contributed by atoms with Crippen LogP contribution in [0.15, 0.2) is 77.3 Å². The third kappa shape index (κ3) is 3.22. The van der Waals surface area contributed by atoms with Gasteiger partial charge in [0.05, 0.1) is 5.56 Å². The minimum atomic E-state index is -0.753. The SMILES string of the molecule is O=C(OCc1nc(-c2ccccc2)no1)c1cccc2c1C(=O)c1ccccc1C2=O. The first-order valence-corrected chi connectivity index (χ1v) is 9.50. The van der Waals surface area contributed by atoms with Crippen LogP contribution in [0, 0.1) is 0 Å². The summed E-state index contributed by atoms with van der Waals surface area (Å²) in [5, 5.41) is 3.88. The lowest BCUT2D eigenvalue weighted by molar-refractivity contribution is 0.0427. The lowest BCUT2D eigenvalue weighted by Gasteiger charge is -2.19. The Morgan fingerprint density at radius 1 is 0.806 bits per heavy atom. The van der Waals surface area contributed by atoms with Crippen molar-refractivity contribution in [2.45, 2.75) is 6.61 Å². The van der Waals surface area contributed by atoms with Gasteiger partial charge in [-0.2, -0.15) is 4.98 Å². The van der Waals surface area contributed by atoms with Crippen molar-refractivity contribution in [3.63, 3.8) is 0 Å². The summed E-state index contributed by atoms with van der Waals surface area (Å²) in [7, 11) is 0. The van der Waals surface area contributed by atoms with Gasteiger partial charge in [-0.15, -0.1) is 0 Å². The van der Waals surface area contributed by atoms with E-state index in [-0.39, 0.29) is 46.3 Å². The number of hydrogen-bond donors (Lipinski definition) is 0. The molecule has 0 saturated heterocycles. The highest BCUT2D eigenvalue weighted by Crippen LogP contribution is 2.30. The maximum atomic E-state index is 13.0. The van der Waals surface area contributed by atoms with E-state index in [0.717, 1.165) is 5.56 Å². The van der Waals surface area contributed by atoms with Gasteiger partial charge in [-0.05, 0) is 6.07 Å². The van der Waals surface area contributed by atoms with E-state index in [1.807, 2.05) is 30.3 Å². The summed E-state index contributed by atoms with van der Waals surface area (Å²) in [5.41, 5.74) is 1.61. The van der Waals surface area contributed by atoms with Gasteiger partial charge in [0.25, 0.3) is 5.89 Å². The molecule has 0 aliphatic heterocycles. The average Bonchev–Trinajstić information content (AvgIpc) is 3.30. The average molecular weight is 410 g/mol. The zero-order valence-corrected chi connectivity index (χ0v) is 16.1. The molecule has 0 radical (unpaired) electrons. The molecule has 7 nitrogen and oxygen atoms in total. The zero-order chi connectivity index (χ0) is 21.4. The zero-order valence-electron chi connectivity index (χ0n) is 16.1. The topological polar surface area (TPSA) is 99.4 Å². The molecule has 31 heavy (non-hydrogen) atoms. The summed E-state index contributed by atoms with van der Waals surface area (Å²) in [5.74, 6) is -0.950. The number of esters is 1. The number of ketones is 2. The maximum Gasteiger partial charge on any atom is 0.339 e. The molecule has 0 atom stereocenters. The molecule has 0 bridgehead atoms. The van der Waals surface area contributed by atoms with Crippen LogP contribution in [0.1, 0.15) is 48.1 Å². The van der Waals surface area contributed by atoms with Crippen LogP contribution >= 0.6 is 0 Å². The molecule has 0 fully saturated rings. The number of carbonyl (C=O) groups excluding carboxylic acids is 3. The van der Waals surface area contributed by atoms with Crippen LogP contribution in [0.5, 0.6) is 0 Å². The first-order valence-electron chi connectivity index (χ1n) is 9.50. The quantitative estimate of drug-likeness (QED) is 0.415. The van der Waals surface area contributed by atoms with E-state index in [2.05, 4.69) is 10.1 Å². The van der Waals surface area contributed by atoms with E-state index in [1.165, 1.54) is 12.1 Å². The second-order valence-electron chi connectivity index (χ2n) is 6.89. The van der Waals surface area contributed by atoms with Crippen molar-refractivity contribution in [3.8, 4) is 11.4 Å². The van der Waals surface area contributed by atoms with Crippen molar-refractivity contribution < 1.29 is 23.6 Å². The van der Waals surface area contributed by atoms with Crippen LogP contribution in [-0.2, 0) is 11.3 Å². The Morgan fingerprint density at radius 2 is 1.48 bits per heavy atom. The number of nitrogens with zero attached hydrogens (tertiary/aromatic N) is 2. The van der Waals surface area contributed by atoms with E-state index in [9.17, 15) is 14.4 Å². The molecule has 1 heterocycles. The molecule has 1 aromatic heterocycles. The first-order chi connectivity index (χ1) is 15.1. The summed E-state index contributed by atoms with van der Waals surface area (Å²) in [6, 6.07) is 20.3. The highest BCUT2D eigenvalue weighted by atomic mass is 16.6. The Balaban J connectivity index is 1.40. The van der Waals surface area contributed by atoms with Gasteiger partial charge < -0.3 is 9.26 Å². The van der Waals surface area contributed by atoms with Gasteiger partial charge in [-0.3, -0.25) is 9.59 Å². The van der Waals surface area contributed by atoms with Gasteiger partial charge in [0, 0.05) is 27.8 Å². The van der Waals surface area contributed by atoms with Gasteiger partial charge in [-0.1, -0.05) is 71.9 Å². The Morgan fingerprint density at radius 3 is 2.26 bits per heavy atom. The molecule has 1 aliphatic carbocycles. The van der Waals surface area contributed by atoms with Gasteiger partial charge >= 0.3 is 5.97 Å². The minimum Gasteiger partial charge on any atom is -0.452 e. The molecular weight excluding hydrogens is 396 g/mol. The number of benzene rings is 3. The Bertz CT molecular complexity index is 1340. The molecule has 0 saturated carbocycles. The minimum absolute atomic E-state index is 0.0214. The van der Waals surface area contributed by atoms with Crippen LogP contribution < -0.4 is 0 Å². The van der Waals surface area contributed by atoms with Crippen LogP contribution in [-0.4, -0.2) is 27.7 Å². The largest absolute Gasteiger partial charge is 0.452 e. The number of fused-ring (bicyclic) bond motifs is 2. The Hall–Kier alpha value is -4.39. The molecule has 3 aromatic carbocycles. The molecule has 150 valence electrons. The maximum absolute atomic E-state index is 13.0. The third-order valence-corrected chi connectivity index (χ3v) is 5.00. The van der Waals surface area contributed by atoms with E-state index in [1.54, 1.807) is 30.3 Å². The summed E-state index contributed by atoms with van der Waals surface area (Å²) in [6.45, 7) is -0.263. The molecule has 0 amide bonds. The highest BCUT2D eigenvalue weighted by Gasteiger charge is 2.33. The molecule has 4 aromatic rings. The molecule has 0 unspecified atom stereocenters. The molecule has 0 N–H and O–H groups in total. The summed E-state index contributed by atoms with van der Waals surface area (Å²) in [4.78, 5) is 42.8. The number of ether oxygens (including phenoxy) is 1. The predicted octanol–water partition coefficient (Wildman–Crippen LogP) is 3.87. The lowest BCUT2D eigenvalue weighted by Crippen LogP contribution is -2.24. The first kappa shape index (κ1) is 18.6. The standard InChI is InChI=1S/C24H14N2O5/c27-21-15-9-4-5-10-16(15)22(28)20-17(21)11-6-12-18(20)24(29)30-13-19-25-23(26-31-19)14-7-2-1-3-8-14/h1-12H,13H2. The highest BCUT2D eigenvalue weighted by molar-refractivity contribution is 6.30. The summed E-state index contributed by atoms with van der Waals surface area (Å²) in [6.07, 6.45) is 0. The smallest absolute Gasteiger partial charge is 0.339 e. The lowest BCUT2D eigenvalue weighted by atomic mass is 9.82. The van der Waals surface area contributed by atoms with E-state index in [4.69, 9.17) is 9.26 Å². The fraction of sp³-hybridized carbons (Fsp3) is 0.0417. The van der Waals surface area contributed by atoms with Gasteiger partial charge in [0.2, 0.25) is 5.82 Å². The molecule has 5 rings (SSSR count). The van der Waals surface area contributed by atoms with Crippen molar-refractivity contribution >= 4 is 17.5 Å². The number of rotatable bonds is 4. The predicted molar refractivity (Wildman–Crippen MR) is 109 cm³/mol. The number of hydrogen-bond acceptors (Lipinski definition) is 7. The summed E-state index contributed by atoms with van der Waals surface area (Å²) >= 11 is 0. The van der Waals surface area contributed by atoms with Crippen molar-refractivity contribution in [2.24, 2.45) is 0 Å². The number of aromatic nitrogens is 2. The summed E-state index contributed by atoms with van der Waals surface area (Å²) < 4.78 is 10.4. The van der Waals surface area contributed by atoms with Crippen molar-refractivity contribution in [2.75, 3.05) is 0 Å². The van der Waals surface area contributed by atoms with Gasteiger partial charge in [0.15, 0.2) is 18.2 Å². The monoisotopic (exact) mass is 410 g/mol. The van der Waals surface area contributed by atoms with Crippen LogP contribution in [0.2, 0.25) is 0 Å². The van der Waals surface area contributed by atoms with Crippen molar-refractivity contribution in [1.29, 1.82) is 0 Å².